The quantitative estimate of drug-likeness (QED) is 0.314. The molecule has 2 rings (SSSR count). The lowest BCUT2D eigenvalue weighted by Crippen LogP contribution is -2.42. The molecule has 0 spiro atoms. The van der Waals surface area contributed by atoms with Crippen molar-refractivity contribution in [2.45, 2.75) is 77.0 Å². The van der Waals surface area contributed by atoms with Crippen LogP contribution in [0.2, 0.25) is 0 Å². The van der Waals surface area contributed by atoms with E-state index in [4.69, 9.17) is 4.55 Å². The lowest BCUT2D eigenvalue weighted by atomic mass is 9.69. The van der Waals surface area contributed by atoms with Crippen LogP contribution in [0.15, 0.2) is 24.3 Å². The van der Waals surface area contributed by atoms with Crippen LogP contribution < -0.4 is 0 Å². The van der Waals surface area contributed by atoms with Crippen LogP contribution in [0.4, 0.5) is 0 Å². The van der Waals surface area contributed by atoms with Gasteiger partial charge >= 0.3 is 0 Å². The minimum Gasteiger partial charge on any atom is -0.286 e. The van der Waals surface area contributed by atoms with Crippen molar-refractivity contribution in [1.29, 1.82) is 0 Å². The predicted molar refractivity (Wildman–Crippen MR) is 113 cm³/mol. The van der Waals surface area contributed by atoms with E-state index in [-0.39, 0.29) is 11.2 Å². The van der Waals surface area contributed by atoms with Gasteiger partial charge in [-0.2, -0.15) is 8.42 Å². The Morgan fingerprint density at radius 3 is 2.22 bits per heavy atom. The molecule has 1 heterocycles. The molecule has 0 unspecified atom stereocenters. The molecule has 1 aromatic rings. The number of hydrogen-bond donors (Lipinski definition) is 1. The average molecular weight is 395 g/mol. The molecule has 0 atom stereocenters. The van der Waals surface area contributed by atoms with Crippen LogP contribution in [-0.4, -0.2) is 42.6 Å². The number of nitrogens with zero attached hydrogens (tertiary/aromatic N) is 1. The second kappa shape index (κ2) is 10.4. The Hall–Kier alpha value is -1.20. The molecule has 0 aliphatic carbocycles. The lowest BCUT2D eigenvalue weighted by molar-refractivity contribution is -0.535. The van der Waals surface area contributed by atoms with Gasteiger partial charge < -0.3 is 0 Å². The molecule has 4 nitrogen and oxygen atoms in total. The third-order valence-corrected chi connectivity index (χ3v) is 6.53. The van der Waals surface area contributed by atoms with E-state index < -0.39 is 10.1 Å². The lowest BCUT2D eigenvalue weighted by Gasteiger charge is -2.36. The Bertz CT molecular complexity index is 715. The van der Waals surface area contributed by atoms with Crippen LogP contribution in [-0.2, 0) is 15.5 Å². The van der Waals surface area contributed by atoms with Gasteiger partial charge in [0.25, 0.3) is 10.1 Å². The van der Waals surface area contributed by atoms with Crippen molar-refractivity contribution < 1.29 is 17.5 Å². The summed E-state index contributed by atoms with van der Waals surface area (Å²) in [5, 5.41) is 0. The molecule has 0 saturated heterocycles. The van der Waals surface area contributed by atoms with Crippen LogP contribution in [0.5, 0.6) is 0 Å². The zero-order valence-corrected chi connectivity index (χ0v) is 17.8. The molecule has 0 aromatic heterocycles. The smallest absolute Gasteiger partial charge is 0.265 e. The largest absolute Gasteiger partial charge is 0.286 e. The molecule has 0 fully saturated rings. The minimum absolute atomic E-state index is 0.147. The van der Waals surface area contributed by atoms with E-state index in [9.17, 15) is 8.42 Å². The summed E-state index contributed by atoms with van der Waals surface area (Å²) in [5.41, 5.74) is 2.88. The van der Waals surface area contributed by atoms with E-state index in [0.29, 0.717) is 13.0 Å². The van der Waals surface area contributed by atoms with Gasteiger partial charge in [0.15, 0.2) is 12.8 Å². The average Bonchev–Trinajstić information content (AvgIpc) is 2.61. The summed E-state index contributed by atoms with van der Waals surface area (Å²) < 4.78 is 33.5. The van der Waals surface area contributed by atoms with Crippen molar-refractivity contribution in [2.75, 3.05) is 18.8 Å². The standard InChI is InChI=1S/C22H35NO3S/c1-3-5-9-14-22(15-10-6-4-2)19-23(16-11-17-27(24,25)26)18-20-12-7-8-13-21(20)22/h7-8,12-13,18H,3-6,9-11,14-17,19H2,1-2H3/p+1. The van der Waals surface area contributed by atoms with E-state index in [2.05, 4.69) is 48.9 Å². The molecule has 27 heavy (non-hydrogen) atoms. The molecule has 1 aliphatic rings. The zero-order valence-electron chi connectivity index (χ0n) is 17.0. The first-order valence-electron chi connectivity index (χ1n) is 10.5. The van der Waals surface area contributed by atoms with Crippen LogP contribution in [0, 0.1) is 0 Å². The molecule has 1 aromatic carbocycles. The van der Waals surface area contributed by atoms with Gasteiger partial charge in [-0.3, -0.25) is 4.55 Å². The van der Waals surface area contributed by atoms with Crippen LogP contribution in [0.1, 0.15) is 82.8 Å². The molecule has 152 valence electrons. The fraction of sp³-hybridized carbons (Fsp3) is 0.682. The Labute approximate surface area is 165 Å². The van der Waals surface area contributed by atoms with Crippen LogP contribution in [0.3, 0.4) is 0 Å². The first-order chi connectivity index (χ1) is 12.9. The number of rotatable bonds is 12. The molecule has 5 heteroatoms. The highest BCUT2D eigenvalue weighted by atomic mass is 32.2. The maximum Gasteiger partial charge on any atom is 0.265 e. The van der Waals surface area contributed by atoms with Crippen molar-refractivity contribution in [3.05, 3.63) is 35.4 Å². The van der Waals surface area contributed by atoms with Crippen LogP contribution >= 0.6 is 0 Å². The summed E-state index contributed by atoms with van der Waals surface area (Å²) in [4.78, 5) is 0. The maximum atomic E-state index is 11.1. The maximum absolute atomic E-state index is 11.1. The molecular weight excluding hydrogens is 358 g/mol. The van der Waals surface area contributed by atoms with E-state index in [1.807, 2.05) is 0 Å². The topological polar surface area (TPSA) is 57.4 Å². The van der Waals surface area contributed by atoms with E-state index in [1.54, 1.807) is 0 Å². The van der Waals surface area contributed by atoms with Gasteiger partial charge in [-0.05, 0) is 24.5 Å². The van der Waals surface area contributed by atoms with Crippen molar-refractivity contribution in [2.24, 2.45) is 0 Å². The van der Waals surface area contributed by atoms with Gasteiger partial charge in [0.1, 0.15) is 6.54 Å². The molecule has 0 amide bonds. The first-order valence-corrected chi connectivity index (χ1v) is 12.1. The molecule has 0 radical (unpaired) electrons. The molecule has 1 N–H and O–H groups in total. The molecule has 1 aliphatic heterocycles. The summed E-state index contributed by atoms with van der Waals surface area (Å²) in [6.07, 6.45) is 12.4. The summed E-state index contributed by atoms with van der Waals surface area (Å²) in [7, 11) is -3.89. The SMILES string of the molecule is CCCCCC1(CCCCC)C[N+](CCCS(=O)(=O)O)=Cc2ccccc21. The normalized spacial score (nSPS) is 16.0. The Morgan fingerprint density at radius 1 is 1.00 bits per heavy atom. The van der Waals surface area contributed by atoms with Crippen molar-refractivity contribution >= 4 is 16.3 Å². The van der Waals surface area contributed by atoms with Gasteiger partial charge in [-0.1, -0.05) is 70.6 Å². The molecular formula is C22H36NO3S+. The third-order valence-electron chi connectivity index (χ3n) is 5.72. The van der Waals surface area contributed by atoms with Crippen molar-refractivity contribution in [3.63, 3.8) is 0 Å². The Kier molecular flexibility index (Phi) is 8.49. The Morgan fingerprint density at radius 2 is 1.63 bits per heavy atom. The summed E-state index contributed by atoms with van der Waals surface area (Å²) >= 11 is 0. The summed E-state index contributed by atoms with van der Waals surface area (Å²) in [6, 6.07) is 8.70. The minimum atomic E-state index is -3.89. The zero-order chi connectivity index (χ0) is 19.8. The van der Waals surface area contributed by atoms with E-state index in [1.165, 1.54) is 62.5 Å². The second-order valence-corrected chi connectivity index (χ2v) is 9.59. The number of fused-ring (bicyclic) bond motifs is 1. The third kappa shape index (κ3) is 6.72. The molecule has 0 saturated carbocycles. The van der Waals surface area contributed by atoms with Gasteiger partial charge in [0.2, 0.25) is 0 Å². The monoisotopic (exact) mass is 394 g/mol. The van der Waals surface area contributed by atoms with Crippen molar-refractivity contribution in [3.8, 4) is 0 Å². The first kappa shape index (κ1) is 22.1. The summed E-state index contributed by atoms with van der Waals surface area (Å²) in [5.74, 6) is -0.169. The Balaban J connectivity index is 2.25. The summed E-state index contributed by atoms with van der Waals surface area (Å²) in [6.45, 7) is 6.10. The van der Waals surface area contributed by atoms with Gasteiger partial charge in [-0.25, -0.2) is 4.58 Å². The fourth-order valence-corrected chi connectivity index (χ4v) is 4.88. The number of unbranched alkanes of at least 4 members (excludes halogenated alkanes) is 4. The fourth-order valence-electron chi connectivity index (χ4n) is 4.38. The number of benzene rings is 1. The highest BCUT2D eigenvalue weighted by molar-refractivity contribution is 7.85. The van der Waals surface area contributed by atoms with Gasteiger partial charge in [-0.15, -0.1) is 0 Å². The van der Waals surface area contributed by atoms with Gasteiger partial charge in [0.05, 0.1) is 11.2 Å². The van der Waals surface area contributed by atoms with Gasteiger partial charge in [0, 0.05) is 12.0 Å². The van der Waals surface area contributed by atoms with Crippen LogP contribution in [0.25, 0.3) is 0 Å². The molecule has 0 bridgehead atoms. The van der Waals surface area contributed by atoms with E-state index in [0.717, 1.165) is 6.54 Å². The highest BCUT2D eigenvalue weighted by Gasteiger charge is 2.40. The second-order valence-electron chi connectivity index (χ2n) is 8.02. The van der Waals surface area contributed by atoms with E-state index >= 15 is 0 Å². The number of hydrogen-bond acceptors (Lipinski definition) is 2. The van der Waals surface area contributed by atoms with Crippen molar-refractivity contribution in [1.82, 2.24) is 0 Å². The predicted octanol–water partition coefficient (Wildman–Crippen LogP) is 4.81. The highest BCUT2D eigenvalue weighted by Crippen LogP contribution is 2.39.